The number of carbonyl (C=O) groups excluding carboxylic acids is 2. The third-order valence-electron chi connectivity index (χ3n) is 6.18. The van der Waals surface area contributed by atoms with Crippen molar-refractivity contribution in [3.63, 3.8) is 0 Å². The summed E-state index contributed by atoms with van der Waals surface area (Å²) in [4.78, 5) is 26.0. The molecule has 0 spiro atoms. The summed E-state index contributed by atoms with van der Waals surface area (Å²) in [5.74, 6) is -0.921. The van der Waals surface area contributed by atoms with Crippen molar-refractivity contribution < 1.29 is 31.2 Å². The Balaban J connectivity index is 1.62. The molecule has 12 heteroatoms. The molecular weight excluding hydrogens is 527 g/mol. The Morgan fingerprint density at radius 2 is 1.76 bits per heavy atom. The Kier molecular flexibility index (Phi) is 9.65. The first-order chi connectivity index (χ1) is 17.4. The van der Waals surface area contributed by atoms with Gasteiger partial charge in [-0.2, -0.15) is 29.2 Å². The van der Waals surface area contributed by atoms with Crippen molar-refractivity contribution >= 4 is 39.3 Å². The normalized spacial score (nSPS) is 16.2. The first-order valence-corrected chi connectivity index (χ1v) is 14.6. The number of aryl methyl sites for hydroxylation is 1. The Morgan fingerprint density at radius 1 is 1.11 bits per heavy atom. The summed E-state index contributed by atoms with van der Waals surface area (Å²) in [7, 11) is -3.67. The van der Waals surface area contributed by atoms with Gasteiger partial charge in [0.25, 0.3) is 0 Å². The molecule has 3 rings (SSSR count). The van der Waals surface area contributed by atoms with Gasteiger partial charge in [-0.1, -0.05) is 23.8 Å². The van der Waals surface area contributed by atoms with E-state index in [1.54, 1.807) is 24.3 Å². The highest BCUT2D eigenvalue weighted by Crippen LogP contribution is 2.31. The Hall–Kier alpha value is -2.57. The topological polar surface area (TPSA) is 95.6 Å². The van der Waals surface area contributed by atoms with Crippen LogP contribution in [0.1, 0.15) is 30.4 Å². The quantitative estimate of drug-likeness (QED) is 0.480. The van der Waals surface area contributed by atoms with Crippen LogP contribution in [0.15, 0.2) is 53.4 Å². The van der Waals surface area contributed by atoms with Crippen LogP contribution in [0.4, 0.5) is 18.9 Å². The highest BCUT2D eigenvalue weighted by Gasteiger charge is 2.34. The fourth-order valence-corrected chi connectivity index (χ4v) is 5.96. The molecule has 2 aromatic carbocycles. The number of amides is 2. The Morgan fingerprint density at radius 3 is 2.35 bits per heavy atom. The molecule has 1 atom stereocenters. The fourth-order valence-electron chi connectivity index (χ4n) is 4.01. The van der Waals surface area contributed by atoms with E-state index < -0.39 is 39.6 Å². The van der Waals surface area contributed by atoms with E-state index in [0.29, 0.717) is 25.0 Å². The summed E-state index contributed by atoms with van der Waals surface area (Å²) in [5.41, 5.74) is 0.0441. The summed E-state index contributed by atoms with van der Waals surface area (Å²) in [5, 5.41) is 5.19. The number of hydrogen-bond acceptors (Lipinski definition) is 5. The molecule has 1 fully saturated rings. The third kappa shape index (κ3) is 7.71. The molecule has 0 saturated carbocycles. The molecule has 37 heavy (non-hydrogen) atoms. The molecule has 1 aliphatic rings. The van der Waals surface area contributed by atoms with E-state index in [1.165, 1.54) is 28.2 Å². The average Bonchev–Trinajstić information content (AvgIpc) is 2.86. The maximum absolute atomic E-state index is 13.0. The van der Waals surface area contributed by atoms with E-state index in [-0.39, 0.29) is 29.6 Å². The number of nitrogens with one attached hydrogen (secondary N) is 2. The van der Waals surface area contributed by atoms with Crippen LogP contribution in [-0.4, -0.2) is 55.7 Å². The zero-order chi connectivity index (χ0) is 27.2. The third-order valence-corrected chi connectivity index (χ3v) is 8.74. The summed E-state index contributed by atoms with van der Waals surface area (Å²) >= 11 is 1.47. The lowest BCUT2D eigenvalue weighted by molar-refractivity contribution is -0.137. The minimum atomic E-state index is -4.55. The van der Waals surface area contributed by atoms with Crippen LogP contribution in [0.2, 0.25) is 0 Å². The molecule has 0 aliphatic carbocycles. The largest absolute Gasteiger partial charge is 0.416 e. The van der Waals surface area contributed by atoms with Gasteiger partial charge in [0.2, 0.25) is 21.8 Å². The van der Waals surface area contributed by atoms with Crippen LogP contribution in [0.25, 0.3) is 0 Å². The van der Waals surface area contributed by atoms with Crippen molar-refractivity contribution in [3.05, 3.63) is 59.7 Å². The number of benzene rings is 2. The predicted molar refractivity (Wildman–Crippen MR) is 138 cm³/mol. The van der Waals surface area contributed by atoms with Crippen molar-refractivity contribution in [2.45, 2.75) is 43.3 Å². The van der Waals surface area contributed by atoms with Gasteiger partial charge in [-0.15, -0.1) is 0 Å². The second kappa shape index (κ2) is 12.3. The molecule has 202 valence electrons. The molecule has 0 bridgehead atoms. The lowest BCUT2D eigenvalue weighted by Crippen LogP contribution is -2.49. The molecule has 2 amide bonds. The number of piperidine rings is 1. The van der Waals surface area contributed by atoms with E-state index >= 15 is 0 Å². The SMILES string of the molecule is CSCCC(NC(=O)C1CCN(S(=O)(=O)c2ccc(C)cc2)CC1)C(=O)Nc1cccc(C(F)(F)F)c1. The lowest BCUT2D eigenvalue weighted by atomic mass is 9.96. The minimum Gasteiger partial charge on any atom is -0.344 e. The zero-order valence-corrected chi connectivity index (χ0v) is 22.2. The van der Waals surface area contributed by atoms with E-state index in [9.17, 15) is 31.2 Å². The van der Waals surface area contributed by atoms with Crippen LogP contribution >= 0.6 is 11.8 Å². The molecule has 0 aromatic heterocycles. The van der Waals surface area contributed by atoms with Gasteiger partial charge in [0, 0.05) is 24.7 Å². The van der Waals surface area contributed by atoms with Crippen molar-refractivity contribution in [3.8, 4) is 0 Å². The van der Waals surface area contributed by atoms with Gasteiger partial charge >= 0.3 is 6.18 Å². The predicted octanol–water partition coefficient (Wildman–Crippen LogP) is 4.29. The molecule has 1 heterocycles. The molecular formula is C25H30F3N3O4S2. The summed E-state index contributed by atoms with van der Waals surface area (Å²) in [6.07, 6.45) is -1.83. The number of anilines is 1. The molecule has 2 N–H and O–H groups in total. The highest BCUT2D eigenvalue weighted by molar-refractivity contribution is 7.98. The first-order valence-electron chi connectivity index (χ1n) is 11.8. The fraction of sp³-hybridized carbons (Fsp3) is 0.440. The molecule has 1 unspecified atom stereocenters. The van der Waals surface area contributed by atoms with Gasteiger partial charge in [-0.3, -0.25) is 9.59 Å². The second-order valence-electron chi connectivity index (χ2n) is 8.90. The van der Waals surface area contributed by atoms with Crippen molar-refractivity contribution in [1.29, 1.82) is 0 Å². The van der Waals surface area contributed by atoms with Gasteiger partial charge in [-0.25, -0.2) is 8.42 Å². The van der Waals surface area contributed by atoms with Gasteiger partial charge < -0.3 is 10.6 Å². The Labute approximate surface area is 219 Å². The molecule has 1 saturated heterocycles. The number of thioether (sulfide) groups is 1. The first kappa shape index (κ1) is 29.0. The Bertz CT molecular complexity index is 1200. The maximum Gasteiger partial charge on any atom is 0.416 e. The number of halogens is 3. The molecule has 7 nitrogen and oxygen atoms in total. The second-order valence-corrected chi connectivity index (χ2v) is 11.8. The maximum atomic E-state index is 13.0. The van der Waals surface area contributed by atoms with E-state index in [4.69, 9.17) is 0 Å². The van der Waals surface area contributed by atoms with E-state index in [2.05, 4.69) is 10.6 Å². The summed E-state index contributed by atoms with van der Waals surface area (Å²) < 4.78 is 66.2. The van der Waals surface area contributed by atoms with Crippen LogP contribution < -0.4 is 10.6 Å². The number of sulfonamides is 1. The van der Waals surface area contributed by atoms with Crippen molar-refractivity contribution in [2.24, 2.45) is 5.92 Å². The molecule has 2 aromatic rings. The van der Waals surface area contributed by atoms with Crippen molar-refractivity contribution in [2.75, 3.05) is 30.4 Å². The number of rotatable bonds is 9. The molecule has 0 radical (unpaired) electrons. The van der Waals surface area contributed by atoms with E-state index in [1.807, 2.05) is 13.2 Å². The number of hydrogen-bond donors (Lipinski definition) is 2. The number of alkyl halides is 3. The highest BCUT2D eigenvalue weighted by atomic mass is 32.2. The standard InChI is InChI=1S/C25H30F3N3O4S2/c1-17-6-8-21(9-7-17)37(34,35)31-13-10-18(11-14-31)23(32)30-22(12-15-36-2)24(33)29-20-5-3-4-19(16-20)25(26,27)28/h3-9,16,18,22H,10-15H2,1-2H3,(H,29,33)(H,30,32). The van der Waals surface area contributed by atoms with Gasteiger partial charge in [-0.05, 0) is 68.5 Å². The number of nitrogens with zero attached hydrogens (tertiary/aromatic N) is 1. The molecule has 1 aliphatic heterocycles. The monoisotopic (exact) mass is 557 g/mol. The average molecular weight is 558 g/mol. The minimum absolute atomic E-state index is 0.0159. The van der Waals surface area contributed by atoms with Gasteiger partial charge in [0.15, 0.2) is 0 Å². The van der Waals surface area contributed by atoms with Gasteiger partial charge in [0.05, 0.1) is 10.5 Å². The van der Waals surface area contributed by atoms with Gasteiger partial charge in [0.1, 0.15) is 6.04 Å². The van der Waals surface area contributed by atoms with Crippen LogP contribution in [0, 0.1) is 12.8 Å². The van der Waals surface area contributed by atoms with E-state index in [0.717, 1.165) is 17.7 Å². The number of carbonyl (C=O) groups is 2. The summed E-state index contributed by atoms with van der Waals surface area (Å²) in [6.45, 7) is 2.20. The van der Waals surface area contributed by atoms with Crippen LogP contribution in [-0.2, 0) is 25.8 Å². The smallest absolute Gasteiger partial charge is 0.344 e. The van der Waals surface area contributed by atoms with Crippen LogP contribution in [0.3, 0.4) is 0 Å². The zero-order valence-electron chi connectivity index (χ0n) is 20.5. The van der Waals surface area contributed by atoms with Crippen molar-refractivity contribution in [1.82, 2.24) is 9.62 Å². The van der Waals surface area contributed by atoms with Crippen LogP contribution in [0.5, 0.6) is 0 Å². The lowest BCUT2D eigenvalue weighted by Gasteiger charge is -2.31. The summed E-state index contributed by atoms with van der Waals surface area (Å²) in [6, 6.07) is 9.94.